The van der Waals surface area contributed by atoms with Crippen LogP contribution >= 0.6 is 0 Å². The Morgan fingerprint density at radius 3 is 2.67 bits per heavy atom. The van der Waals surface area contributed by atoms with Crippen LogP contribution in [0, 0.1) is 0 Å². The molecule has 0 bridgehead atoms. The number of benzene rings is 1. The van der Waals surface area contributed by atoms with Crippen LogP contribution in [0.5, 0.6) is 0 Å². The molecule has 3 rings (SSSR count). The van der Waals surface area contributed by atoms with Gasteiger partial charge in [-0.2, -0.15) is 13.2 Å². The first-order valence-corrected chi connectivity index (χ1v) is 8.08. The van der Waals surface area contributed by atoms with Gasteiger partial charge in [0.2, 0.25) is 0 Å². The minimum absolute atomic E-state index is 0.0382. The van der Waals surface area contributed by atoms with Crippen molar-refractivity contribution in [1.82, 2.24) is 4.57 Å². The number of aromatic nitrogens is 1. The van der Waals surface area contributed by atoms with Crippen LogP contribution in [0.1, 0.15) is 24.3 Å². The Bertz CT molecular complexity index is 992. The maximum atomic E-state index is 12.8. The van der Waals surface area contributed by atoms with Crippen molar-refractivity contribution < 1.29 is 22.4 Å². The van der Waals surface area contributed by atoms with Crippen LogP contribution in [0.4, 0.5) is 23.7 Å². The normalized spacial score (nSPS) is 13.4. The number of pyridine rings is 1. The number of furan rings is 1. The maximum absolute atomic E-state index is 12.8. The van der Waals surface area contributed by atoms with E-state index in [9.17, 15) is 18.0 Å². The predicted octanol–water partition coefficient (Wildman–Crippen LogP) is 4.84. The van der Waals surface area contributed by atoms with Crippen LogP contribution < -0.4 is 10.8 Å². The SMILES string of the molecule is C[C@H](N=c1ccccn1C(=O)Nc1cccc(C(F)(F)F)c1)c1ccco1. The van der Waals surface area contributed by atoms with Crippen molar-refractivity contribution >= 4 is 11.7 Å². The highest BCUT2D eigenvalue weighted by Gasteiger charge is 2.30. The van der Waals surface area contributed by atoms with Gasteiger partial charge in [0.15, 0.2) is 0 Å². The van der Waals surface area contributed by atoms with E-state index in [1.165, 1.54) is 29.2 Å². The highest BCUT2D eigenvalue weighted by molar-refractivity contribution is 5.90. The zero-order valence-corrected chi connectivity index (χ0v) is 14.3. The third kappa shape index (κ3) is 4.46. The average Bonchev–Trinajstić information content (AvgIpc) is 3.16. The molecule has 1 aromatic carbocycles. The number of hydrogen-bond acceptors (Lipinski definition) is 3. The summed E-state index contributed by atoms with van der Waals surface area (Å²) in [4.78, 5) is 17.0. The first kappa shape index (κ1) is 18.5. The molecule has 0 fully saturated rings. The summed E-state index contributed by atoms with van der Waals surface area (Å²) in [5, 5.41) is 2.46. The maximum Gasteiger partial charge on any atom is 0.416 e. The van der Waals surface area contributed by atoms with E-state index in [2.05, 4.69) is 10.3 Å². The van der Waals surface area contributed by atoms with E-state index in [1.807, 2.05) is 0 Å². The number of amides is 1. The molecule has 0 spiro atoms. The smallest absolute Gasteiger partial charge is 0.416 e. The van der Waals surface area contributed by atoms with Crippen molar-refractivity contribution in [3.63, 3.8) is 0 Å². The molecule has 0 saturated carbocycles. The molecule has 0 aliphatic carbocycles. The number of hydrogen-bond donors (Lipinski definition) is 1. The number of halogens is 3. The molecule has 0 radical (unpaired) electrons. The second kappa shape index (κ2) is 7.53. The molecule has 1 amide bonds. The summed E-state index contributed by atoms with van der Waals surface area (Å²) < 4.78 is 45.0. The van der Waals surface area contributed by atoms with E-state index in [0.29, 0.717) is 11.2 Å². The summed E-state index contributed by atoms with van der Waals surface area (Å²) in [6.45, 7) is 1.81. The van der Waals surface area contributed by atoms with Gasteiger partial charge >= 0.3 is 12.2 Å². The van der Waals surface area contributed by atoms with Crippen molar-refractivity contribution in [2.24, 2.45) is 4.99 Å². The quantitative estimate of drug-likeness (QED) is 0.712. The summed E-state index contributed by atoms with van der Waals surface area (Å²) in [6, 6.07) is 12.0. The molecule has 1 atom stereocenters. The molecule has 1 N–H and O–H groups in total. The van der Waals surface area contributed by atoms with Gasteiger partial charge in [-0.15, -0.1) is 0 Å². The molecule has 0 aliphatic heterocycles. The lowest BCUT2D eigenvalue weighted by molar-refractivity contribution is -0.137. The van der Waals surface area contributed by atoms with Crippen molar-refractivity contribution in [2.75, 3.05) is 5.32 Å². The average molecular weight is 375 g/mol. The largest absolute Gasteiger partial charge is 0.467 e. The third-order valence-corrected chi connectivity index (χ3v) is 3.78. The number of alkyl halides is 3. The minimum Gasteiger partial charge on any atom is -0.467 e. The molecule has 0 aliphatic rings. The Morgan fingerprint density at radius 1 is 1.15 bits per heavy atom. The van der Waals surface area contributed by atoms with E-state index >= 15 is 0 Å². The van der Waals surface area contributed by atoms with E-state index in [0.717, 1.165) is 12.1 Å². The van der Waals surface area contributed by atoms with Crippen molar-refractivity contribution in [3.8, 4) is 0 Å². The Hall–Kier alpha value is -3.29. The van der Waals surface area contributed by atoms with Gasteiger partial charge in [-0.05, 0) is 49.4 Å². The van der Waals surface area contributed by atoms with Crippen molar-refractivity contribution in [3.05, 3.63) is 83.9 Å². The van der Waals surface area contributed by atoms with Gasteiger partial charge in [0, 0.05) is 11.9 Å². The lowest BCUT2D eigenvalue weighted by Crippen LogP contribution is -2.31. The van der Waals surface area contributed by atoms with Crippen LogP contribution in [0.15, 0.2) is 76.5 Å². The fourth-order valence-corrected chi connectivity index (χ4v) is 2.46. The van der Waals surface area contributed by atoms with Crippen LogP contribution in [-0.4, -0.2) is 10.6 Å². The predicted molar refractivity (Wildman–Crippen MR) is 93.0 cm³/mol. The number of carbonyl (C=O) groups excluding carboxylic acids is 1. The van der Waals surface area contributed by atoms with E-state index in [4.69, 9.17) is 4.42 Å². The highest BCUT2D eigenvalue weighted by Crippen LogP contribution is 2.30. The molecule has 3 aromatic rings. The number of carbonyl (C=O) groups is 1. The van der Waals surface area contributed by atoms with Gasteiger partial charge in [-0.25, -0.2) is 4.79 Å². The molecule has 0 saturated heterocycles. The second-order valence-corrected chi connectivity index (χ2v) is 5.76. The van der Waals surface area contributed by atoms with Crippen LogP contribution in [0.25, 0.3) is 0 Å². The highest BCUT2D eigenvalue weighted by atomic mass is 19.4. The Balaban J connectivity index is 1.88. The van der Waals surface area contributed by atoms with Gasteiger partial charge in [-0.3, -0.25) is 9.56 Å². The molecule has 2 aromatic heterocycles. The Kier molecular flexibility index (Phi) is 5.16. The van der Waals surface area contributed by atoms with E-state index < -0.39 is 17.8 Å². The summed E-state index contributed by atoms with van der Waals surface area (Å²) in [6.07, 6.45) is -1.48. The van der Waals surface area contributed by atoms with Gasteiger partial charge < -0.3 is 9.73 Å². The number of nitrogens with zero attached hydrogens (tertiary/aromatic N) is 2. The van der Waals surface area contributed by atoms with E-state index in [1.54, 1.807) is 37.3 Å². The van der Waals surface area contributed by atoms with Crippen LogP contribution in [0.3, 0.4) is 0 Å². The standard InChI is InChI=1S/C19H16F3N3O2/c1-13(16-8-5-11-27-16)23-17-9-2-3-10-25(17)18(26)24-15-7-4-6-14(12-15)19(20,21)22/h2-13H,1H3,(H,24,26)/t13-/m0/s1. The monoisotopic (exact) mass is 375 g/mol. The molecular weight excluding hydrogens is 359 g/mol. The number of nitrogens with one attached hydrogen (secondary N) is 1. The molecule has 5 nitrogen and oxygen atoms in total. The van der Waals surface area contributed by atoms with Gasteiger partial charge in [-0.1, -0.05) is 12.1 Å². The molecule has 0 unspecified atom stereocenters. The molecule has 27 heavy (non-hydrogen) atoms. The van der Waals surface area contributed by atoms with Crippen molar-refractivity contribution in [2.45, 2.75) is 19.1 Å². The first-order chi connectivity index (χ1) is 12.8. The van der Waals surface area contributed by atoms with Crippen molar-refractivity contribution in [1.29, 1.82) is 0 Å². The second-order valence-electron chi connectivity index (χ2n) is 5.76. The third-order valence-electron chi connectivity index (χ3n) is 3.78. The fourth-order valence-electron chi connectivity index (χ4n) is 2.46. The lowest BCUT2D eigenvalue weighted by Gasteiger charge is -2.12. The van der Waals surface area contributed by atoms with Gasteiger partial charge in [0.25, 0.3) is 0 Å². The minimum atomic E-state index is -4.49. The number of anilines is 1. The van der Waals surface area contributed by atoms with Gasteiger partial charge in [0.05, 0.1) is 11.8 Å². The topological polar surface area (TPSA) is 59.5 Å². The summed E-state index contributed by atoms with van der Waals surface area (Å²) >= 11 is 0. The molecular formula is C19H16F3N3O2. The van der Waals surface area contributed by atoms with E-state index in [-0.39, 0.29) is 11.7 Å². The zero-order valence-electron chi connectivity index (χ0n) is 14.3. The van der Waals surface area contributed by atoms with Crippen LogP contribution in [-0.2, 0) is 6.18 Å². The van der Waals surface area contributed by atoms with Crippen LogP contribution in [0.2, 0.25) is 0 Å². The summed E-state index contributed by atoms with van der Waals surface area (Å²) in [5.41, 5.74) is -0.461. The Labute approximate surface area is 152 Å². The van der Waals surface area contributed by atoms with Gasteiger partial charge in [0.1, 0.15) is 17.3 Å². The fraction of sp³-hybridized carbons (Fsp3) is 0.158. The first-order valence-electron chi connectivity index (χ1n) is 8.08. The molecule has 140 valence electrons. The molecule has 8 heteroatoms. The summed E-state index contributed by atoms with van der Waals surface area (Å²) in [5.74, 6) is 0.628. The summed E-state index contributed by atoms with van der Waals surface area (Å²) in [7, 11) is 0. The zero-order chi connectivity index (χ0) is 19.4. The number of rotatable bonds is 3. The lowest BCUT2D eigenvalue weighted by atomic mass is 10.2. The Morgan fingerprint density at radius 2 is 1.96 bits per heavy atom. The molecule has 2 heterocycles.